The maximum absolute atomic E-state index is 5.96. The molecule has 0 amide bonds. The number of anilines is 1. The fraction of sp³-hybridized carbons (Fsp3) is 0.188. The van der Waals surface area contributed by atoms with Gasteiger partial charge >= 0.3 is 0 Å². The lowest BCUT2D eigenvalue weighted by molar-refractivity contribution is 0.439. The number of benzene rings is 1. The van der Waals surface area contributed by atoms with Crippen molar-refractivity contribution >= 4 is 5.88 Å². The number of nitrogen functional groups attached to an aromatic ring is 1. The minimum absolute atomic E-state index is 0.323. The predicted octanol–water partition coefficient (Wildman–Crippen LogP) is 4.11. The van der Waals surface area contributed by atoms with E-state index < -0.39 is 0 Å². The summed E-state index contributed by atoms with van der Waals surface area (Å²) in [4.78, 5) is 0. The third kappa shape index (κ3) is 1.81. The number of nitrogens with two attached hydrogens (primary N) is 1. The van der Waals surface area contributed by atoms with Crippen molar-refractivity contribution in [1.82, 2.24) is 5.16 Å². The summed E-state index contributed by atoms with van der Waals surface area (Å²) < 4.78 is 10.9. The van der Waals surface area contributed by atoms with Crippen LogP contribution in [-0.2, 0) is 0 Å². The third-order valence-electron chi connectivity index (χ3n) is 3.58. The van der Waals surface area contributed by atoms with E-state index in [1.165, 1.54) is 0 Å². The SMILES string of the molecule is Cc1oc(C)c(-c2noc(N)c2-c2ccccc2)c1C. The van der Waals surface area contributed by atoms with E-state index in [2.05, 4.69) is 5.16 Å². The second-order valence-corrected chi connectivity index (χ2v) is 4.85. The van der Waals surface area contributed by atoms with Crippen molar-refractivity contribution in [3.63, 3.8) is 0 Å². The molecule has 0 spiro atoms. The number of hydrogen-bond donors (Lipinski definition) is 1. The molecule has 0 saturated heterocycles. The Bertz CT molecular complexity index is 754. The molecule has 102 valence electrons. The van der Waals surface area contributed by atoms with Gasteiger partial charge in [-0.25, -0.2) is 0 Å². The number of hydrogen-bond acceptors (Lipinski definition) is 4. The van der Waals surface area contributed by atoms with Gasteiger partial charge in [0.15, 0.2) is 0 Å². The largest absolute Gasteiger partial charge is 0.466 e. The Morgan fingerprint density at radius 1 is 0.950 bits per heavy atom. The molecule has 2 N–H and O–H groups in total. The Balaban J connectivity index is 2.27. The summed E-state index contributed by atoms with van der Waals surface area (Å²) in [5, 5.41) is 4.14. The monoisotopic (exact) mass is 268 g/mol. The smallest absolute Gasteiger partial charge is 0.230 e. The van der Waals surface area contributed by atoms with Crippen LogP contribution in [0.25, 0.3) is 22.4 Å². The summed E-state index contributed by atoms with van der Waals surface area (Å²) in [5.41, 5.74) is 10.5. The topological polar surface area (TPSA) is 65.2 Å². The van der Waals surface area contributed by atoms with Gasteiger partial charge in [-0.15, -0.1) is 0 Å². The molecule has 0 fully saturated rings. The molecule has 0 bridgehead atoms. The van der Waals surface area contributed by atoms with Crippen LogP contribution in [0.3, 0.4) is 0 Å². The normalized spacial score (nSPS) is 10.9. The van der Waals surface area contributed by atoms with E-state index in [9.17, 15) is 0 Å². The van der Waals surface area contributed by atoms with Gasteiger partial charge < -0.3 is 14.7 Å². The van der Waals surface area contributed by atoms with Gasteiger partial charge in [-0.3, -0.25) is 0 Å². The lowest BCUT2D eigenvalue weighted by atomic mass is 9.98. The molecule has 0 aliphatic carbocycles. The van der Waals surface area contributed by atoms with E-state index in [-0.39, 0.29) is 0 Å². The molecule has 0 unspecified atom stereocenters. The summed E-state index contributed by atoms with van der Waals surface area (Å²) in [6.07, 6.45) is 0. The van der Waals surface area contributed by atoms with Gasteiger partial charge in [0, 0.05) is 5.56 Å². The molecule has 2 heterocycles. The maximum Gasteiger partial charge on any atom is 0.230 e. The van der Waals surface area contributed by atoms with Crippen molar-refractivity contribution in [2.24, 2.45) is 0 Å². The van der Waals surface area contributed by atoms with E-state index >= 15 is 0 Å². The van der Waals surface area contributed by atoms with Crippen LogP contribution in [-0.4, -0.2) is 5.16 Å². The van der Waals surface area contributed by atoms with Crippen LogP contribution in [0.5, 0.6) is 0 Å². The highest BCUT2D eigenvalue weighted by Gasteiger charge is 2.23. The van der Waals surface area contributed by atoms with E-state index in [0.29, 0.717) is 5.88 Å². The molecule has 0 atom stereocenters. The van der Waals surface area contributed by atoms with E-state index in [1.807, 2.05) is 51.1 Å². The molecule has 0 aliphatic heterocycles. The van der Waals surface area contributed by atoms with Crippen molar-refractivity contribution in [3.8, 4) is 22.4 Å². The first-order valence-corrected chi connectivity index (χ1v) is 6.47. The zero-order valence-electron chi connectivity index (χ0n) is 11.7. The van der Waals surface area contributed by atoms with Crippen molar-refractivity contribution < 1.29 is 8.94 Å². The minimum Gasteiger partial charge on any atom is -0.466 e. The molecule has 2 aromatic heterocycles. The molecule has 4 nitrogen and oxygen atoms in total. The molecule has 4 heteroatoms. The fourth-order valence-corrected chi connectivity index (χ4v) is 2.50. The number of rotatable bonds is 2. The minimum atomic E-state index is 0.323. The molecule has 3 rings (SSSR count). The van der Waals surface area contributed by atoms with Crippen LogP contribution in [0, 0.1) is 20.8 Å². The van der Waals surface area contributed by atoms with Crippen LogP contribution in [0.2, 0.25) is 0 Å². The van der Waals surface area contributed by atoms with Gasteiger partial charge in [0.1, 0.15) is 17.2 Å². The Kier molecular flexibility index (Phi) is 2.86. The van der Waals surface area contributed by atoms with Crippen LogP contribution in [0.4, 0.5) is 5.88 Å². The van der Waals surface area contributed by atoms with Gasteiger partial charge in [0.2, 0.25) is 5.88 Å². The van der Waals surface area contributed by atoms with Gasteiger partial charge in [-0.2, -0.15) is 0 Å². The average Bonchev–Trinajstić information content (AvgIpc) is 2.92. The van der Waals surface area contributed by atoms with E-state index in [0.717, 1.165) is 39.5 Å². The number of nitrogens with zero attached hydrogens (tertiary/aromatic N) is 1. The number of aromatic nitrogens is 1. The van der Waals surface area contributed by atoms with Crippen molar-refractivity contribution in [2.75, 3.05) is 5.73 Å². The quantitative estimate of drug-likeness (QED) is 0.759. The number of aryl methyl sites for hydroxylation is 2. The van der Waals surface area contributed by atoms with Gasteiger partial charge in [-0.05, 0) is 31.9 Å². The van der Waals surface area contributed by atoms with Crippen LogP contribution in [0.15, 0.2) is 39.3 Å². The van der Waals surface area contributed by atoms with E-state index in [4.69, 9.17) is 14.7 Å². The first-order chi connectivity index (χ1) is 9.59. The summed E-state index contributed by atoms with van der Waals surface area (Å²) in [6.45, 7) is 5.88. The number of furan rings is 1. The molecule has 0 saturated carbocycles. The van der Waals surface area contributed by atoms with Crippen molar-refractivity contribution in [3.05, 3.63) is 47.4 Å². The molecular formula is C16H16N2O2. The summed E-state index contributed by atoms with van der Waals surface area (Å²) in [6, 6.07) is 9.87. The molecule has 3 aromatic rings. The summed E-state index contributed by atoms with van der Waals surface area (Å²) >= 11 is 0. The fourth-order valence-electron chi connectivity index (χ4n) is 2.50. The molecule has 0 aliphatic rings. The zero-order valence-corrected chi connectivity index (χ0v) is 11.7. The summed E-state index contributed by atoms with van der Waals surface area (Å²) in [7, 11) is 0. The van der Waals surface area contributed by atoms with Crippen LogP contribution in [0.1, 0.15) is 17.1 Å². The van der Waals surface area contributed by atoms with Crippen LogP contribution < -0.4 is 5.73 Å². The average molecular weight is 268 g/mol. The highest BCUT2D eigenvalue weighted by Crippen LogP contribution is 2.40. The van der Waals surface area contributed by atoms with Crippen molar-refractivity contribution in [1.29, 1.82) is 0 Å². The summed E-state index contributed by atoms with van der Waals surface area (Å²) in [5.74, 6) is 2.03. The zero-order chi connectivity index (χ0) is 14.3. The Labute approximate surface area is 117 Å². The first kappa shape index (κ1) is 12.5. The Hall–Kier alpha value is -2.49. The highest BCUT2D eigenvalue weighted by atomic mass is 16.5. The van der Waals surface area contributed by atoms with Gasteiger partial charge in [0.05, 0.1) is 5.56 Å². The molecular weight excluding hydrogens is 252 g/mol. The van der Waals surface area contributed by atoms with E-state index in [1.54, 1.807) is 0 Å². The van der Waals surface area contributed by atoms with Gasteiger partial charge in [0.25, 0.3) is 0 Å². The maximum atomic E-state index is 5.96. The second-order valence-electron chi connectivity index (χ2n) is 4.85. The van der Waals surface area contributed by atoms with Crippen LogP contribution >= 0.6 is 0 Å². The standard InChI is InChI=1S/C16H16N2O2/c1-9-10(2)19-11(3)13(9)15-14(16(17)20-18-15)12-7-5-4-6-8-12/h4-8H,17H2,1-3H3. The molecule has 20 heavy (non-hydrogen) atoms. The third-order valence-corrected chi connectivity index (χ3v) is 3.58. The van der Waals surface area contributed by atoms with Gasteiger partial charge in [-0.1, -0.05) is 35.5 Å². The molecule has 1 aromatic carbocycles. The Morgan fingerprint density at radius 2 is 1.65 bits per heavy atom. The lowest BCUT2D eigenvalue weighted by Crippen LogP contribution is -1.89. The predicted molar refractivity (Wildman–Crippen MR) is 78.3 cm³/mol. The Morgan fingerprint density at radius 3 is 2.25 bits per heavy atom. The molecule has 0 radical (unpaired) electrons. The highest BCUT2D eigenvalue weighted by molar-refractivity contribution is 5.88. The first-order valence-electron chi connectivity index (χ1n) is 6.47. The lowest BCUT2D eigenvalue weighted by Gasteiger charge is -2.02. The van der Waals surface area contributed by atoms with Crippen molar-refractivity contribution in [2.45, 2.75) is 20.8 Å². The second kappa shape index (κ2) is 4.56.